The highest BCUT2D eigenvalue weighted by Gasteiger charge is 2.15. The highest BCUT2D eigenvalue weighted by molar-refractivity contribution is 5.99. The fourth-order valence-corrected chi connectivity index (χ4v) is 2.71. The second-order valence-electron chi connectivity index (χ2n) is 5.79. The second-order valence-corrected chi connectivity index (χ2v) is 5.79. The van der Waals surface area contributed by atoms with Gasteiger partial charge in [-0.3, -0.25) is 9.78 Å². The van der Waals surface area contributed by atoms with Crippen LogP contribution in [0.1, 0.15) is 34.6 Å². The van der Waals surface area contributed by atoms with E-state index < -0.39 is 0 Å². The molecular formula is C20H20N2O2. The van der Waals surface area contributed by atoms with Gasteiger partial charge in [-0.15, -0.1) is 0 Å². The quantitative estimate of drug-likeness (QED) is 0.789. The maximum atomic E-state index is 12.7. The summed E-state index contributed by atoms with van der Waals surface area (Å²) in [7, 11) is 1.62. The molecule has 4 nitrogen and oxygen atoms in total. The molecule has 4 heteroatoms. The Morgan fingerprint density at radius 3 is 2.58 bits per heavy atom. The van der Waals surface area contributed by atoms with Crippen LogP contribution in [0, 0.1) is 6.92 Å². The van der Waals surface area contributed by atoms with E-state index in [-0.39, 0.29) is 11.9 Å². The molecule has 0 radical (unpaired) electrons. The molecule has 1 heterocycles. The molecule has 1 N–H and O–H groups in total. The Hall–Kier alpha value is -2.88. The van der Waals surface area contributed by atoms with Crippen molar-refractivity contribution >= 4 is 16.8 Å². The predicted octanol–water partition coefficient (Wildman–Crippen LogP) is 4.04. The molecule has 2 aromatic carbocycles. The first-order valence-corrected chi connectivity index (χ1v) is 7.89. The van der Waals surface area contributed by atoms with Gasteiger partial charge in [-0.25, -0.2) is 0 Å². The zero-order valence-corrected chi connectivity index (χ0v) is 14.0. The van der Waals surface area contributed by atoms with Crippen LogP contribution in [0.4, 0.5) is 0 Å². The number of amides is 1. The molecule has 0 saturated carbocycles. The van der Waals surface area contributed by atoms with Crippen LogP contribution in [0.15, 0.2) is 54.6 Å². The molecule has 122 valence electrons. The Morgan fingerprint density at radius 1 is 1.12 bits per heavy atom. The largest absolute Gasteiger partial charge is 0.497 e. The lowest BCUT2D eigenvalue weighted by Crippen LogP contribution is -2.27. The van der Waals surface area contributed by atoms with E-state index in [2.05, 4.69) is 10.3 Å². The first-order valence-electron chi connectivity index (χ1n) is 7.89. The van der Waals surface area contributed by atoms with Crippen LogP contribution in [0.25, 0.3) is 10.9 Å². The van der Waals surface area contributed by atoms with Gasteiger partial charge in [0.05, 0.1) is 29.9 Å². The summed E-state index contributed by atoms with van der Waals surface area (Å²) in [5, 5.41) is 3.92. The number of ether oxygens (including phenoxy) is 1. The predicted molar refractivity (Wildman–Crippen MR) is 95.4 cm³/mol. The zero-order chi connectivity index (χ0) is 17.1. The minimum atomic E-state index is -0.124. The number of hydrogen-bond donors (Lipinski definition) is 1. The summed E-state index contributed by atoms with van der Waals surface area (Å²) in [5.74, 6) is 0.623. The number of pyridine rings is 1. The van der Waals surface area contributed by atoms with Gasteiger partial charge in [-0.2, -0.15) is 0 Å². The van der Waals surface area contributed by atoms with E-state index in [9.17, 15) is 4.79 Å². The number of benzene rings is 2. The molecule has 24 heavy (non-hydrogen) atoms. The van der Waals surface area contributed by atoms with Gasteiger partial charge in [-0.1, -0.05) is 30.3 Å². The molecule has 0 aliphatic rings. The summed E-state index contributed by atoms with van der Waals surface area (Å²) in [4.78, 5) is 17.2. The van der Waals surface area contributed by atoms with Crippen LogP contribution >= 0.6 is 0 Å². The van der Waals surface area contributed by atoms with Crippen molar-refractivity contribution in [2.75, 3.05) is 7.11 Å². The van der Waals surface area contributed by atoms with Gasteiger partial charge in [0, 0.05) is 5.39 Å². The molecule has 1 atom stereocenters. The van der Waals surface area contributed by atoms with Gasteiger partial charge >= 0.3 is 0 Å². The number of carbonyl (C=O) groups is 1. The average Bonchev–Trinajstić information content (AvgIpc) is 2.61. The minimum absolute atomic E-state index is 0.0703. The Morgan fingerprint density at radius 2 is 1.88 bits per heavy atom. The molecule has 1 aromatic heterocycles. The fraction of sp³-hybridized carbons (Fsp3) is 0.200. The summed E-state index contributed by atoms with van der Waals surface area (Å²) in [6, 6.07) is 17.3. The number of aryl methyl sites for hydroxylation is 1. The van der Waals surface area contributed by atoms with Crippen LogP contribution in [0.2, 0.25) is 0 Å². The average molecular weight is 320 g/mol. The summed E-state index contributed by atoms with van der Waals surface area (Å²) in [6.07, 6.45) is 0. The van der Waals surface area contributed by atoms with E-state index in [0.29, 0.717) is 11.3 Å². The lowest BCUT2D eigenvalue weighted by atomic mass is 10.1. The van der Waals surface area contributed by atoms with Gasteiger partial charge < -0.3 is 10.1 Å². The van der Waals surface area contributed by atoms with Gasteiger partial charge in [0.2, 0.25) is 0 Å². The van der Waals surface area contributed by atoms with Gasteiger partial charge in [-0.05, 0) is 43.7 Å². The molecule has 3 aromatic rings. The van der Waals surface area contributed by atoms with E-state index in [1.807, 2.05) is 68.4 Å². The van der Waals surface area contributed by atoms with E-state index in [1.165, 1.54) is 0 Å². The van der Waals surface area contributed by atoms with Crippen molar-refractivity contribution in [3.63, 3.8) is 0 Å². The summed E-state index contributed by atoms with van der Waals surface area (Å²) < 4.78 is 5.25. The maximum Gasteiger partial charge on any atom is 0.253 e. The molecule has 0 unspecified atom stereocenters. The molecule has 3 rings (SSSR count). The Bertz CT molecular complexity index is 875. The molecule has 0 aliphatic heterocycles. The fourth-order valence-electron chi connectivity index (χ4n) is 2.71. The van der Waals surface area contributed by atoms with E-state index in [4.69, 9.17) is 4.74 Å². The van der Waals surface area contributed by atoms with Gasteiger partial charge in [0.1, 0.15) is 5.75 Å². The number of nitrogens with one attached hydrogen (secondary N) is 1. The van der Waals surface area contributed by atoms with Crippen molar-refractivity contribution < 1.29 is 9.53 Å². The van der Waals surface area contributed by atoms with E-state index in [1.54, 1.807) is 7.11 Å². The minimum Gasteiger partial charge on any atom is -0.497 e. The van der Waals surface area contributed by atoms with Gasteiger partial charge in [0.15, 0.2) is 0 Å². The number of fused-ring (bicyclic) bond motifs is 1. The molecule has 0 aliphatic carbocycles. The highest BCUT2D eigenvalue weighted by atomic mass is 16.5. The number of methoxy groups -OCH3 is 1. The topological polar surface area (TPSA) is 51.2 Å². The van der Waals surface area contributed by atoms with Crippen LogP contribution in [-0.4, -0.2) is 18.0 Å². The number of nitrogens with zero attached hydrogens (tertiary/aromatic N) is 1. The Kier molecular flexibility index (Phi) is 4.47. The molecule has 0 spiro atoms. The van der Waals surface area contributed by atoms with Crippen LogP contribution < -0.4 is 10.1 Å². The van der Waals surface area contributed by atoms with Gasteiger partial charge in [0.25, 0.3) is 5.91 Å². The first-order chi connectivity index (χ1) is 11.6. The molecule has 0 bridgehead atoms. The summed E-state index contributed by atoms with van der Waals surface area (Å²) >= 11 is 0. The first kappa shape index (κ1) is 16.0. The SMILES string of the molecule is COc1ccc2nc(C)c(C(=O)N[C@H](C)c3ccccc3)cc2c1. The second kappa shape index (κ2) is 6.71. The number of aromatic nitrogens is 1. The third-order valence-electron chi connectivity index (χ3n) is 4.10. The normalized spacial score (nSPS) is 12.0. The number of rotatable bonds is 4. The number of carbonyl (C=O) groups excluding carboxylic acids is 1. The highest BCUT2D eigenvalue weighted by Crippen LogP contribution is 2.22. The molecular weight excluding hydrogens is 300 g/mol. The Balaban J connectivity index is 1.90. The van der Waals surface area contributed by atoms with Crippen molar-refractivity contribution in [1.29, 1.82) is 0 Å². The van der Waals surface area contributed by atoms with Crippen LogP contribution in [-0.2, 0) is 0 Å². The van der Waals surface area contributed by atoms with E-state index >= 15 is 0 Å². The lowest BCUT2D eigenvalue weighted by molar-refractivity contribution is 0.0939. The zero-order valence-electron chi connectivity index (χ0n) is 14.0. The molecule has 0 saturated heterocycles. The smallest absolute Gasteiger partial charge is 0.253 e. The summed E-state index contributed by atoms with van der Waals surface area (Å²) in [6.45, 7) is 3.83. The van der Waals surface area contributed by atoms with Crippen molar-refractivity contribution in [2.24, 2.45) is 0 Å². The summed E-state index contributed by atoms with van der Waals surface area (Å²) in [5.41, 5.74) is 3.21. The third-order valence-corrected chi connectivity index (χ3v) is 4.10. The molecule has 0 fully saturated rings. The maximum absolute atomic E-state index is 12.7. The van der Waals surface area contributed by atoms with Crippen molar-refractivity contribution in [3.05, 3.63) is 71.4 Å². The standard InChI is InChI=1S/C20H20N2O2/c1-13(15-7-5-4-6-8-15)22-20(23)18-12-16-11-17(24-3)9-10-19(16)21-14(18)2/h4-13H,1-3H3,(H,22,23)/t13-/m1/s1. The van der Waals surface area contributed by atoms with Crippen molar-refractivity contribution in [2.45, 2.75) is 19.9 Å². The van der Waals surface area contributed by atoms with Crippen molar-refractivity contribution in [1.82, 2.24) is 10.3 Å². The van der Waals surface area contributed by atoms with Crippen molar-refractivity contribution in [3.8, 4) is 5.75 Å². The van der Waals surface area contributed by atoms with E-state index in [0.717, 1.165) is 22.2 Å². The molecule has 1 amide bonds. The monoisotopic (exact) mass is 320 g/mol. The Labute approximate surface area is 141 Å². The number of hydrogen-bond acceptors (Lipinski definition) is 3. The van der Waals surface area contributed by atoms with Crippen LogP contribution in [0.5, 0.6) is 5.75 Å². The lowest BCUT2D eigenvalue weighted by Gasteiger charge is -2.15. The third kappa shape index (κ3) is 3.23. The van der Waals surface area contributed by atoms with Crippen LogP contribution in [0.3, 0.4) is 0 Å².